The van der Waals surface area contributed by atoms with Crippen LogP contribution in [0.5, 0.6) is 0 Å². The van der Waals surface area contributed by atoms with Crippen LogP contribution in [0.25, 0.3) is 11.4 Å². The lowest BCUT2D eigenvalue weighted by Gasteiger charge is -2.09. The molecule has 0 unspecified atom stereocenters. The third kappa shape index (κ3) is 5.12. The number of benzene rings is 2. The highest BCUT2D eigenvalue weighted by Gasteiger charge is 2.17. The minimum absolute atomic E-state index is 0.0479. The topological polar surface area (TPSA) is 73.0 Å². The Balaban J connectivity index is 1.53. The number of hydrogen-bond donors (Lipinski definition) is 1. The molecular weight excluding hydrogens is 446 g/mol. The fourth-order valence-electron chi connectivity index (χ4n) is 2.82. The maximum absolute atomic E-state index is 13.8. The van der Waals surface area contributed by atoms with E-state index in [4.69, 9.17) is 16.0 Å². The van der Waals surface area contributed by atoms with Crippen molar-refractivity contribution in [2.45, 2.75) is 11.7 Å². The van der Waals surface area contributed by atoms with Gasteiger partial charge in [0.2, 0.25) is 5.91 Å². The van der Waals surface area contributed by atoms with E-state index in [1.165, 1.54) is 6.07 Å². The molecule has 1 N–H and O–H groups in total. The van der Waals surface area contributed by atoms with Crippen molar-refractivity contribution in [3.05, 3.63) is 83.3 Å². The molecule has 2 heterocycles. The van der Waals surface area contributed by atoms with Gasteiger partial charge in [0, 0.05) is 16.7 Å². The Morgan fingerprint density at radius 3 is 2.65 bits per heavy atom. The first-order valence-corrected chi connectivity index (χ1v) is 10.4. The quantitative estimate of drug-likeness (QED) is 0.381. The summed E-state index contributed by atoms with van der Waals surface area (Å²) in [6.07, 6.45) is 1.57. The maximum atomic E-state index is 13.8. The van der Waals surface area contributed by atoms with Gasteiger partial charge in [0.05, 0.1) is 24.2 Å². The number of nitrogens with zero attached hydrogens (tertiary/aromatic N) is 3. The Hall–Kier alpha value is -3.17. The van der Waals surface area contributed by atoms with Gasteiger partial charge in [-0.15, -0.1) is 10.2 Å². The van der Waals surface area contributed by atoms with E-state index in [0.717, 1.165) is 23.4 Å². The number of nitrogens with one attached hydrogen (secondary N) is 1. The minimum atomic E-state index is -0.843. The maximum Gasteiger partial charge on any atom is 0.234 e. The lowest BCUT2D eigenvalue weighted by atomic mass is 10.2. The first-order valence-electron chi connectivity index (χ1n) is 9.09. The Bertz CT molecular complexity index is 1200. The number of carbonyl (C=O) groups excluding carboxylic acids is 1. The molecule has 2 aromatic carbocycles. The Morgan fingerprint density at radius 2 is 1.94 bits per heavy atom. The Labute approximate surface area is 185 Å². The normalized spacial score (nSPS) is 10.9. The largest absolute Gasteiger partial charge is 0.467 e. The van der Waals surface area contributed by atoms with Gasteiger partial charge in [-0.05, 0) is 48.5 Å². The van der Waals surface area contributed by atoms with Crippen LogP contribution in [0.4, 0.5) is 14.5 Å². The highest BCUT2D eigenvalue weighted by atomic mass is 35.5. The SMILES string of the molecule is O=C(CSc1nnc(-c2ccc(Cl)cc2)n1Cc1ccco1)Nc1ccc(F)cc1F. The van der Waals surface area contributed by atoms with Crippen LogP contribution in [0.1, 0.15) is 5.76 Å². The molecule has 10 heteroatoms. The van der Waals surface area contributed by atoms with Gasteiger partial charge >= 0.3 is 0 Å². The summed E-state index contributed by atoms with van der Waals surface area (Å²) < 4.78 is 34.0. The fraction of sp³-hybridized carbons (Fsp3) is 0.0952. The molecule has 1 amide bonds. The summed E-state index contributed by atoms with van der Waals surface area (Å²) in [5.74, 6) is -0.797. The lowest BCUT2D eigenvalue weighted by Crippen LogP contribution is -2.16. The lowest BCUT2D eigenvalue weighted by molar-refractivity contribution is -0.113. The zero-order valence-corrected chi connectivity index (χ0v) is 17.5. The highest BCUT2D eigenvalue weighted by Crippen LogP contribution is 2.26. The number of carbonyl (C=O) groups is 1. The average molecular weight is 461 g/mol. The summed E-state index contributed by atoms with van der Waals surface area (Å²) in [7, 11) is 0. The summed E-state index contributed by atoms with van der Waals surface area (Å²) >= 11 is 7.11. The molecule has 2 aromatic heterocycles. The van der Waals surface area contributed by atoms with E-state index in [1.807, 2.05) is 22.8 Å². The van der Waals surface area contributed by atoms with Crippen LogP contribution in [0, 0.1) is 11.6 Å². The average Bonchev–Trinajstić information content (AvgIpc) is 3.40. The number of furan rings is 1. The second-order valence-corrected chi connectivity index (χ2v) is 7.82. The van der Waals surface area contributed by atoms with Crippen molar-refractivity contribution < 1.29 is 18.0 Å². The van der Waals surface area contributed by atoms with Crippen LogP contribution >= 0.6 is 23.4 Å². The van der Waals surface area contributed by atoms with Crippen LogP contribution in [-0.4, -0.2) is 26.4 Å². The molecule has 158 valence electrons. The van der Waals surface area contributed by atoms with Crippen molar-refractivity contribution in [3.63, 3.8) is 0 Å². The van der Waals surface area contributed by atoms with E-state index in [2.05, 4.69) is 15.5 Å². The molecule has 0 saturated heterocycles. The van der Waals surface area contributed by atoms with Crippen molar-refractivity contribution >= 4 is 35.0 Å². The molecule has 0 saturated carbocycles. The Morgan fingerprint density at radius 1 is 1.13 bits per heavy atom. The summed E-state index contributed by atoms with van der Waals surface area (Å²) in [6.45, 7) is 0.356. The van der Waals surface area contributed by atoms with Gasteiger partial charge < -0.3 is 9.73 Å². The molecule has 4 aromatic rings. The van der Waals surface area contributed by atoms with Crippen LogP contribution in [-0.2, 0) is 11.3 Å². The third-order valence-corrected chi connectivity index (χ3v) is 5.47. The monoisotopic (exact) mass is 460 g/mol. The standard InChI is InChI=1S/C21H15ClF2N4O2S/c22-14-5-3-13(4-6-14)20-26-27-21(28(20)11-16-2-1-9-30-16)31-12-19(29)25-18-8-7-15(23)10-17(18)24/h1-10H,11-12H2,(H,25,29). The predicted molar refractivity (Wildman–Crippen MR) is 114 cm³/mol. The molecule has 0 aliphatic carbocycles. The third-order valence-electron chi connectivity index (χ3n) is 4.25. The minimum Gasteiger partial charge on any atom is -0.467 e. The van der Waals surface area contributed by atoms with E-state index < -0.39 is 17.5 Å². The molecule has 31 heavy (non-hydrogen) atoms. The Kier molecular flexibility index (Phi) is 6.34. The van der Waals surface area contributed by atoms with E-state index in [0.29, 0.717) is 34.4 Å². The molecule has 0 bridgehead atoms. The van der Waals surface area contributed by atoms with E-state index in [1.54, 1.807) is 24.5 Å². The molecule has 6 nitrogen and oxygen atoms in total. The van der Waals surface area contributed by atoms with Gasteiger partial charge in [0.1, 0.15) is 17.4 Å². The molecule has 0 aliphatic heterocycles. The van der Waals surface area contributed by atoms with Crippen LogP contribution in [0.15, 0.2) is 70.4 Å². The van der Waals surface area contributed by atoms with Gasteiger partial charge in [-0.1, -0.05) is 23.4 Å². The summed E-state index contributed by atoms with van der Waals surface area (Å²) in [4.78, 5) is 12.3. The first-order chi connectivity index (χ1) is 15.0. The van der Waals surface area contributed by atoms with Crippen LogP contribution < -0.4 is 5.32 Å². The number of aromatic nitrogens is 3. The van der Waals surface area contributed by atoms with Crippen LogP contribution in [0.2, 0.25) is 5.02 Å². The number of hydrogen-bond acceptors (Lipinski definition) is 5. The molecule has 0 aliphatic rings. The number of anilines is 1. The number of halogens is 3. The van der Waals surface area contributed by atoms with Gasteiger partial charge in [-0.25, -0.2) is 8.78 Å². The second-order valence-electron chi connectivity index (χ2n) is 6.44. The van der Waals surface area contributed by atoms with Gasteiger partial charge in [0.15, 0.2) is 11.0 Å². The summed E-state index contributed by atoms with van der Waals surface area (Å²) in [6, 6.07) is 13.7. The molecule has 0 radical (unpaired) electrons. The van der Waals surface area contributed by atoms with Gasteiger partial charge in [0.25, 0.3) is 0 Å². The first kappa shape index (κ1) is 21.1. The van der Waals surface area contributed by atoms with Gasteiger partial charge in [-0.2, -0.15) is 0 Å². The van der Waals surface area contributed by atoms with Gasteiger partial charge in [-0.3, -0.25) is 9.36 Å². The van der Waals surface area contributed by atoms with E-state index in [-0.39, 0.29) is 11.4 Å². The molecule has 0 atom stereocenters. The number of thioether (sulfide) groups is 1. The molecule has 4 rings (SSSR count). The molecule has 0 fully saturated rings. The van der Waals surface area contributed by atoms with E-state index >= 15 is 0 Å². The van der Waals surface area contributed by atoms with Crippen molar-refractivity contribution in [1.29, 1.82) is 0 Å². The smallest absolute Gasteiger partial charge is 0.234 e. The fourth-order valence-corrected chi connectivity index (χ4v) is 3.68. The molecular formula is C21H15ClF2N4O2S. The zero-order chi connectivity index (χ0) is 21.8. The zero-order valence-electron chi connectivity index (χ0n) is 15.9. The summed E-state index contributed by atoms with van der Waals surface area (Å²) in [5.41, 5.74) is 0.707. The van der Waals surface area contributed by atoms with Crippen LogP contribution in [0.3, 0.4) is 0 Å². The second kappa shape index (κ2) is 9.32. The predicted octanol–water partition coefficient (Wildman–Crippen LogP) is 5.25. The highest BCUT2D eigenvalue weighted by molar-refractivity contribution is 7.99. The van der Waals surface area contributed by atoms with Crippen molar-refractivity contribution in [1.82, 2.24) is 14.8 Å². The van der Waals surface area contributed by atoms with Crippen molar-refractivity contribution in [3.8, 4) is 11.4 Å². The molecule has 0 spiro atoms. The summed E-state index contributed by atoms with van der Waals surface area (Å²) in [5, 5.41) is 12.0. The number of amides is 1. The van der Waals surface area contributed by atoms with E-state index in [9.17, 15) is 13.6 Å². The number of rotatable bonds is 7. The van der Waals surface area contributed by atoms with Crippen molar-refractivity contribution in [2.24, 2.45) is 0 Å². The van der Waals surface area contributed by atoms with Crippen molar-refractivity contribution in [2.75, 3.05) is 11.1 Å².